The highest BCUT2D eigenvalue weighted by Crippen LogP contribution is 2.42. The van der Waals surface area contributed by atoms with E-state index in [1.807, 2.05) is 0 Å². The SMILES string of the molecule is COc1cccc(C2=NO[C@@H]3C(=O)N(c4cc(C(F)(F)F)ccc4Cl)C(=O)[C@H]23)c1OC. The largest absolute Gasteiger partial charge is 0.493 e. The second-order valence-electron chi connectivity index (χ2n) is 6.70. The predicted molar refractivity (Wildman–Crippen MR) is 103 cm³/mol. The molecule has 162 valence electrons. The lowest BCUT2D eigenvalue weighted by atomic mass is 9.93. The number of anilines is 1. The molecule has 4 rings (SSSR count). The third-order valence-electron chi connectivity index (χ3n) is 5.01. The highest BCUT2D eigenvalue weighted by Gasteiger charge is 2.57. The Morgan fingerprint density at radius 1 is 1.10 bits per heavy atom. The number of hydrogen-bond donors (Lipinski definition) is 0. The molecule has 2 heterocycles. The average Bonchev–Trinajstić information content (AvgIpc) is 3.27. The van der Waals surface area contributed by atoms with E-state index in [-0.39, 0.29) is 22.2 Å². The summed E-state index contributed by atoms with van der Waals surface area (Å²) in [6.07, 6.45) is -6.01. The monoisotopic (exact) mass is 454 g/mol. The van der Waals surface area contributed by atoms with E-state index in [1.54, 1.807) is 18.2 Å². The Labute approximate surface area is 178 Å². The maximum absolute atomic E-state index is 13.2. The number of halogens is 4. The van der Waals surface area contributed by atoms with E-state index in [2.05, 4.69) is 5.16 Å². The van der Waals surface area contributed by atoms with Gasteiger partial charge in [0.05, 0.1) is 30.5 Å². The van der Waals surface area contributed by atoms with Gasteiger partial charge in [0.25, 0.3) is 5.91 Å². The normalized spacial score (nSPS) is 20.5. The van der Waals surface area contributed by atoms with E-state index in [9.17, 15) is 22.8 Å². The third kappa shape index (κ3) is 3.27. The van der Waals surface area contributed by atoms with Crippen molar-refractivity contribution >= 4 is 34.8 Å². The Morgan fingerprint density at radius 3 is 2.48 bits per heavy atom. The summed E-state index contributed by atoms with van der Waals surface area (Å²) in [5.74, 6) is -2.22. The molecule has 11 heteroatoms. The fraction of sp³-hybridized carbons (Fsp3) is 0.250. The van der Waals surface area contributed by atoms with E-state index < -0.39 is 35.6 Å². The number of methoxy groups -OCH3 is 2. The van der Waals surface area contributed by atoms with Gasteiger partial charge in [-0.3, -0.25) is 9.59 Å². The lowest BCUT2D eigenvalue weighted by Gasteiger charge is -2.19. The van der Waals surface area contributed by atoms with Gasteiger partial charge < -0.3 is 14.3 Å². The van der Waals surface area contributed by atoms with Gasteiger partial charge in [-0.2, -0.15) is 13.2 Å². The molecule has 0 saturated carbocycles. The third-order valence-corrected chi connectivity index (χ3v) is 5.33. The topological polar surface area (TPSA) is 77.4 Å². The van der Waals surface area contributed by atoms with E-state index >= 15 is 0 Å². The second kappa shape index (κ2) is 7.45. The number of ether oxygens (including phenoxy) is 2. The number of fused-ring (bicyclic) bond motifs is 1. The molecule has 0 spiro atoms. The van der Waals surface area contributed by atoms with Gasteiger partial charge in [-0.05, 0) is 30.3 Å². The summed E-state index contributed by atoms with van der Waals surface area (Å²) in [6.45, 7) is 0. The van der Waals surface area contributed by atoms with Crippen LogP contribution < -0.4 is 14.4 Å². The summed E-state index contributed by atoms with van der Waals surface area (Å²) in [7, 11) is 2.82. The van der Waals surface area contributed by atoms with Gasteiger partial charge in [0.2, 0.25) is 12.0 Å². The van der Waals surface area contributed by atoms with Gasteiger partial charge in [-0.25, -0.2) is 4.90 Å². The molecule has 0 N–H and O–H groups in total. The van der Waals surface area contributed by atoms with Crippen molar-refractivity contribution in [1.82, 2.24) is 0 Å². The van der Waals surface area contributed by atoms with Crippen LogP contribution in [0.3, 0.4) is 0 Å². The van der Waals surface area contributed by atoms with Crippen LogP contribution in [0, 0.1) is 5.92 Å². The first-order valence-corrected chi connectivity index (χ1v) is 9.26. The van der Waals surface area contributed by atoms with E-state index in [0.29, 0.717) is 22.3 Å². The standard InChI is InChI=1S/C20H14ClF3N2O5/c1-29-13-5-3-4-10(16(13)30-2)15-14-17(31-25-15)19(28)26(18(14)27)12-8-9(20(22,23)24)6-7-11(12)21/h3-8,14,17H,1-2H3/t14-,17+/m1/s1. The van der Waals surface area contributed by atoms with Crippen LogP contribution >= 0.6 is 11.6 Å². The molecular formula is C20H14ClF3N2O5. The molecule has 0 aromatic heterocycles. The Bertz CT molecular complexity index is 1120. The van der Waals surface area contributed by atoms with Crippen LogP contribution in [0.15, 0.2) is 41.6 Å². The van der Waals surface area contributed by atoms with Crippen LogP contribution in [0.25, 0.3) is 0 Å². The molecular weight excluding hydrogens is 441 g/mol. The Morgan fingerprint density at radius 2 is 1.84 bits per heavy atom. The summed E-state index contributed by atoms with van der Waals surface area (Å²) >= 11 is 6.03. The number of carbonyl (C=O) groups excluding carboxylic acids is 2. The van der Waals surface area contributed by atoms with Crippen molar-refractivity contribution in [2.75, 3.05) is 19.1 Å². The van der Waals surface area contributed by atoms with Crippen molar-refractivity contribution in [3.05, 3.63) is 52.5 Å². The first kappa shape index (κ1) is 21.0. The van der Waals surface area contributed by atoms with Gasteiger partial charge in [0.15, 0.2) is 11.5 Å². The molecule has 2 aliphatic rings. The number of rotatable bonds is 4. The van der Waals surface area contributed by atoms with E-state index in [1.165, 1.54) is 14.2 Å². The zero-order valence-electron chi connectivity index (χ0n) is 16.1. The number of para-hydroxylation sites is 1. The molecule has 0 bridgehead atoms. The van der Waals surface area contributed by atoms with Crippen LogP contribution in [-0.2, 0) is 20.6 Å². The Kier molecular flexibility index (Phi) is 5.04. The quantitative estimate of drug-likeness (QED) is 0.659. The van der Waals surface area contributed by atoms with Crippen molar-refractivity contribution in [3.63, 3.8) is 0 Å². The molecule has 0 radical (unpaired) electrons. The van der Waals surface area contributed by atoms with E-state index in [4.69, 9.17) is 25.9 Å². The summed E-state index contributed by atoms with van der Waals surface area (Å²) in [5, 5.41) is 3.69. The fourth-order valence-electron chi connectivity index (χ4n) is 3.59. The fourth-order valence-corrected chi connectivity index (χ4v) is 3.79. The van der Waals surface area contributed by atoms with Crippen LogP contribution in [0.2, 0.25) is 5.02 Å². The van der Waals surface area contributed by atoms with Crippen molar-refractivity contribution in [2.45, 2.75) is 12.3 Å². The molecule has 7 nitrogen and oxygen atoms in total. The molecule has 1 saturated heterocycles. The molecule has 0 aliphatic carbocycles. The number of nitrogens with zero attached hydrogens (tertiary/aromatic N) is 2. The maximum atomic E-state index is 13.2. The zero-order valence-corrected chi connectivity index (χ0v) is 16.8. The minimum atomic E-state index is -4.68. The first-order valence-electron chi connectivity index (χ1n) is 8.88. The second-order valence-corrected chi connectivity index (χ2v) is 7.10. The molecule has 31 heavy (non-hydrogen) atoms. The van der Waals surface area contributed by atoms with Crippen molar-refractivity contribution in [2.24, 2.45) is 11.1 Å². The van der Waals surface area contributed by atoms with Crippen molar-refractivity contribution in [1.29, 1.82) is 0 Å². The highest BCUT2D eigenvalue weighted by atomic mass is 35.5. The van der Waals surface area contributed by atoms with Crippen LogP contribution in [0.4, 0.5) is 18.9 Å². The predicted octanol–water partition coefficient (Wildman–Crippen LogP) is 3.67. The van der Waals surface area contributed by atoms with Crippen molar-refractivity contribution in [3.8, 4) is 11.5 Å². The van der Waals surface area contributed by atoms with Gasteiger partial charge in [-0.1, -0.05) is 22.8 Å². The summed E-state index contributed by atoms with van der Waals surface area (Å²) in [5.41, 5.74) is -0.965. The lowest BCUT2D eigenvalue weighted by Crippen LogP contribution is -2.33. The molecule has 0 unspecified atom stereocenters. The van der Waals surface area contributed by atoms with Gasteiger partial charge >= 0.3 is 6.18 Å². The highest BCUT2D eigenvalue weighted by molar-refractivity contribution is 6.38. The van der Waals surface area contributed by atoms with Gasteiger partial charge in [0.1, 0.15) is 11.6 Å². The molecule has 2 amide bonds. The molecule has 2 atom stereocenters. The molecule has 2 aromatic rings. The number of imide groups is 1. The van der Waals surface area contributed by atoms with Crippen LogP contribution in [-0.4, -0.2) is 37.8 Å². The van der Waals surface area contributed by atoms with E-state index in [0.717, 1.165) is 12.1 Å². The molecule has 2 aliphatic heterocycles. The smallest absolute Gasteiger partial charge is 0.416 e. The Balaban J connectivity index is 1.76. The lowest BCUT2D eigenvalue weighted by molar-refractivity contribution is -0.137. The van der Waals surface area contributed by atoms with Gasteiger partial charge in [-0.15, -0.1) is 0 Å². The average molecular weight is 455 g/mol. The molecule has 1 fully saturated rings. The minimum absolute atomic E-state index is 0.102. The summed E-state index contributed by atoms with van der Waals surface area (Å²) < 4.78 is 50.0. The first-order chi connectivity index (χ1) is 14.7. The summed E-state index contributed by atoms with van der Waals surface area (Å²) in [6, 6.07) is 7.27. The number of hydrogen-bond acceptors (Lipinski definition) is 6. The number of carbonyl (C=O) groups is 2. The number of alkyl halides is 3. The summed E-state index contributed by atoms with van der Waals surface area (Å²) in [4.78, 5) is 31.9. The van der Waals surface area contributed by atoms with Crippen LogP contribution in [0.1, 0.15) is 11.1 Å². The number of amides is 2. The maximum Gasteiger partial charge on any atom is 0.416 e. The number of oxime groups is 1. The van der Waals surface area contributed by atoms with Crippen LogP contribution in [0.5, 0.6) is 11.5 Å². The molecule has 2 aromatic carbocycles. The van der Waals surface area contributed by atoms with Crippen molar-refractivity contribution < 1.29 is 37.1 Å². The zero-order chi connectivity index (χ0) is 22.5. The Hall–Kier alpha value is -3.27. The van der Waals surface area contributed by atoms with Gasteiger partial charge in [0, 0.05) is 5.56 Å². The number of benzene rings is 2. The minimum Gasteiger partial charge on any atom is -0.493 e.